The predicted molar refractivity (Wildman–Crippen MR) is 91.5 cm³/mol. The summed E-state index contributed by atoms with van der Waals surface area (Å²) in [5.74, 6) is -0.809. The number of ether oxygens (including phenoxy) is 4. The van der Waals surface area contributed by atoms with Gasteiger partial charge < -0.3 is 18.9 Å². The van der Waals surface area contributed by atoms with Crippen LogP contribution >= 0.6 is 0 Å². The van der Waals surface area contributed by atoms with Crippen molar-refractivity contribution >= 4 is 11.9 Å². The summed E-state index contributed by atoms with van der Waals surface area (Å²) in [4.78, 5) is 22.4. The van der Waals surface area contributed by atoms with E-state index in [2.05, 4.69) is 0 Å². The van der Waals surface area contributed by atoms with Crippen LogP contribution < -0.4 is 0 Å². The van der Waals surface area contributed by atoms with Gasteiger partial charge in [0.2, 0.25) is 0 Å². The van der Waals surface area contributed by atoms with Crippen molar-refractivity contribution in [3.8, 4) is 0 Å². The van der Waals surface area contributed by atoms with E-state index < -0.39 is 11.9 Å². The molecule has 0 radical (unpaired) electrons. The molecule has 0 amide bonds. The van der Waals surface area contributed by atoms with Crippen molar-refractivity contribution in [2.24, 2.45) is 0 Å². The van der Waals surface area contributed by atoms with Gasteiger partial charge in [0.15, 0.2) is 0 Å². The van der Waals surface area contributed by atoms with Crippen LogP contribution in [-0.2, 0) is 28.5 Å². The van der Waals surface area contributed by atoms with Crippen molar-refractivity contribution in [2.45, 2.75) is 13.8 Å². The van der Waals surface area contributed by atoms with Crippen LogP contribution in [0.4, 0.5) is 0 Å². The Hall–Kier alpha value is -2.18. The van der Waals surface area contributed by atoms with Crippen LogP contribution in [-0.4, -0.2) is 51.6 Å². The normalized spacial score (nSPS) is 11.9. The average Bonchev–Trinajstić information content (AvgIpc) is 2.57. The number of carbonyl (C=O) groups excluding carboxylic acids is 2. The Labute approximate surface area is 143 Å². The first kappa shape index (κ1) is 21.8. The summed E-state index contributed by atoms with van der Waals surface area (Å²) in [6.45, 7) is 5.46. The summed E-state index contributed by atoms with van der Waals surface area (Å²) >= 11 is 0. The van der Waals surface area contributed by atoms with Crippen LogP contribution in [0.15, 0.2) is 48.6 Å². The number of carbonyl (C=O) groups is 2. The molecule has 0 fully saturated rings. The Bertz CT molecular complexity index is 406. The highest BCUT2D eigenvalue weighted by molar-refractivity contribution is 5.82. The van der Waals surface area contributed by atoms with E-state index in [4.69, 9.17) is 18.9 Å². The molecule has 0 saturated carbocycles. The third kappa shape index (κ3) is 16.2. The topological polar surface area (TPSA) is 71.1 Å². The SMILES string of the molecule is CC=CC=CC(=O)OCCOCCOCCOC(=O)C=CC=CC. The van der Waals surface area contributed by atoms with Gasteiger partial charge in [0.05, 0.1) is 26.4 Å². The lowest BCUT2D eigenvalue weighted by molar-refractivity contribution is -0.141. The molecule has 0 atom stereocenters. The quantitative estimate of drug-likeness (QED) is 0.222. The second-order valence-electron chi connectivity index (χ2n) is 4.33. The number of esters is 2. The molecular weight excluding hydrogens is 312 g/mol. The van der Waals surface area contributed by atoms with Crippen molar-refractivity contribution in [3.05, 3.63) is 48.6 Å². The van der Waals surface area contributed by atoms with Crippen LogP contribution in [0.1, 0.15) is 13.8 Å². The fraction of sp³-hybridized carbons (Fsp3) is 0.444. The van der Waals surface area contributed by atoms with Crippen LogP contribution in [0.3, 0.4) is 0 Å². The van der Waals surface area contributed by atoms with Crippen LogP contribution in [0, 0.1) is 0 Å². The highest BCUT2D eigenvalue weighted by Gasteiger charge is 1.97. The highest BCUT2D eigenvalue weighted by atomic mass is 16.6. The zero-order valence-corrected chi connectivity index (χ0v) is 14.3. The smallest absolute Gasteiger partial charge is 0.330 e. The summed E-state index contributed by atoms with van der Waals surface area (Å²) in [5.41, 5.74) is 0. The fourth-order valence-corrected chi connectivity index (χ4v) is 1.31. The van der Waals surface area contributed by atoms with E-state index in [9.17, 15) is 9.59 Å². The molecule has 0 aliphatic rings. The van der Waals surface area contributed by atoms with E-state index in [0.717, 1.165) is 0 Å². The van der Waals surface area contributed by atoms with Gasteiger partial charge in [-0.1, -0.05) is 36.5 Å². The Kier molecular flexibility index (Phi) is 15.6. The third-order valence-electron chi connectivity index (χ3n) is 2.39. The van der Waals surface area contributed by atoms with Gasteiger partial charge in [-0.05, 0) is 13.8 Å². The molecule has 0 aromatic carbocycles. The predicted octanol–water partition coefficient (Wildman–Crippen LogP) is 2.37. The largest absolute Gasteiger partial charge is 0.460 e. The minimum absolute atomic E-state index is 0.190. The lowest BCUT2D eigenvalue weighted by atomic mass is 10.4. The number of rotatable bonds is 13. The van der Waals surface area contributed by atoms with Crippen LogP contribution in [0.2, 0.25) is 0 Å². The Morgan fingerprint density at radius 1 is 0.625 bits per heavy atom. The summed E-state index contributed by atoms with van der Waals surface area (Å²) in [5, 5.41) is 0. The average molecular weight is 338 g/mol. The second kappa shape index (κ2) is 17.2. The fourth-order valence-electron chi connectivity index (χ4n) is 1.31. The summed E-state index contributed by atoms with van der Waals surface area (Å²) < 4.78 is 20.3. The molecule has 0 rings (SSSR count). The monoisotopic (exact) mass is 338 g/mol. The number of hydrogen-bond donors (Lipinski definition) is 0. The van der Waals surface area contributed by atoms with Gasteiger partial charge in [0, 0.05) is 12.2 Å². The molecule has 0 aliphatic heterocycles. The maximum absolute atomic E-state index is 11.2. The molecule has 0 N–H and O–H groups in total. The first-order chi connectivity index (χ1) is 11.7. The second-order valence-corrected chi connectivity index (χ2v) is 4.33. The van der Waals surface area contributed by atoms with Gasteiger partial charge in [0.25, 0.3) is 0 Å². The minimum atomic E-state index is -0.404. The standard InChI is InChI=1S/C18H26O6/c1-3-5-7-9-17(19)23-15-13-21-11-12-22-14-16-24-18(20)10-8-6-4-2/h3-10H,11-16H2,1-2H3. The molecule has 0 aromatic heterocycles. The Balaban J connectivity index is 3.37. The molecule has 0 heterocycles. The first-order valence-electron chi connectivity index (χ1n) is 7.78. The van der Waals surface area contributed by atoms with Gasteiger partial charge in [0.1, 0.15) is 13.2 Å². The molecule has 6 heteroatoms. The molecule has 0 saturated heterocycles. The van der Waals surface area contributed by atoms with E-state index >= 15 is 0 Å². The minimum Gasteiger partial charge on any atom is -0.460 e. The molecule has 134 valence electrons. The van der Waals surface area contributed by atoms with Crippen LogP contribution in [0.5, 0.6) is 0 Å². The molecule has 6 nitrogen and oxygen atoms in total. The summed E-state index contributed by atoms with van der Waals surface area (Å²) in [6, 6.07) is 0. The molecule has 0 aliphatic carbocycles. The van der Waals surface area contributed by atoms with E-state index in [-0.39, 0.29) is 13.2 Å². The summed E-state index contributed by atoms with van der Waals surface area (Å²) in [7, 11) is 0. The summed E-state index contributed by atoms with van der Waals surface area (Å²) in [6.07, 6.45) is 13.0. The van der Waals surface area contributed by atoms with Crippen molar-refractivity contribution in [2.75, 3.05) is 39.6 Å². The van der Waals surface area contributed by atoms with E-state index in [1.54, 1.807) is 24.3 Å². The first-order valence-corrected chi connectivity index (χ1v) is 7.78. The molecule has 0 spiro atoms. The third-order valence-corrected chi connectivity index (χ3v) is 2.39. The molecule has 0 aromatic rings. The van der Waals surface area contributed by atoms with Crippen molar-refractivity contribution < 1.29 is 28.5 Å². The zero-order chi connectivity index (χ0) is 17.9. The number of hydrogen-bond acceptors (Lipinski definition) is 6. The van der Waals surface area contributed by atoms with Gasteiger partial charge >= 0.3 is 11.9 Å². The van der Waals surface area contributed by atoms with E-state index in [0.29, 0.717) is 26.4 Å². The maximum Gasteiger partial charge on any atom is 0.330 e. The zero-order valence-electron chi connectivity index (χ0n) is 14.3. The lowest BCUT2D eigenvalue weighted by Crippen LogP contribution is -2.14. The van der Waals surface area contributed by atoms with Gasteiger partial charge in [-0.2, -0.15) is 0 Å². The maximum atomic E-state index is 11.2. The lowest BCUT2D eigenvalue weighted by Gasteiger charge is -2.06. The Morgan fingerprint density at radius 2 is 1.00 bits per heavy atom. The van der Waals surface area contributed by atoms with Gasteiger partial charge in [-0.15, -0.1) is 0 Å². The Morgan fingerprint density at radius 3 is 1.38 bits per heavy atom. The molecule has 0 unspecified atom stereocenters. The van der Waals surface area contributed by atoms with Crippen molar-refractivity contribution in [1.29, 1.82) is 0 Å². The van der Waals surface area contributed by atoms with E-state index in [1.165, 1.54) is 12.2 Å². The van der Waals surface area contributed by atoms with Gasteiger partial charge in [-0.25, -0.2) is 9.59 Å². The van der Waals surface area contributed by atoms with E-state index in [1.807, 2.05) is 26.0 Å². The molecule has 0 bridgehead atoms. The number of allylic oxidation sites excluding steroid dienone is 6. The molecular formula is C18H26O6. The van der Waals surface area contributed by atoms with Crippen LogP contribution in [0.25, 0.3) is 0 Å². The molecule has 24 heavy (non-hydrogen) atoms. The van der Waals surface area contributed by atoms with Gasteiger partial charge in [-0.3, -0.25) is 0 Å². The van der Waals surface area contributed by atoms with Crippen molar-refractivity contribution in [3.63, 3.8) is 0 Å². The highest BCUT2D eigenvalue weighted by Crippen LogP contribution is 1.87. The van der Waals surface area contributed by atoms with Crippen molar-refractivity contribution in [1.82, 2.24) is 0 Å².